The average molecular weight is 378 g/mol. The van der Waals surface area contributed by atoms with Gasteiger partial charge in [-0.05, 0) is 31.4 Å². The highest BCUT2D eigenvalue weighted by Gasteiger charge is 2.20. The van der Waals surface area contributed by atoms with E-state index in [1.807, 2.05) is 14.1 Å². The number of nitrogens with zero attached hydrogens (tertiary/aromatic N) is 4. The van der Waals surface area contributed by atoms with Gasteiger partial charge in [-0.3, -0.25) is 4.79 Å². The van der Waals surface area contributed by atoms with Crippen LogP contribution in [0.25, 0.3) is 0 Å². The SMILES string of the molecule is CN(C)c1nc(N2CCCCC2)ncc1NC(=O)c1c(F)cccc1Cl. The Labute approximate surface area is 157 Å². The predicted molar refractivity (Wildman–Crippen MR) is 102 cm³/mol. The van der Waals surface area contributed by atoms with Gasteiger partial charge in [-0.2, -0.15) is 4.98 Å². The first-order valence-electron chi connectivity index (χ1n) is 8.52. The van der Waals surface area contributed by atoms with Crippen LogP contribution in [-0.2, 0) is 0 Å². The Morgan fingerprint density at radius 1 is 1.27 bits per heavy atom. The lowest BCUT2D eigenvalue weighted by Gasteiger charge is -2.28. The fourth-order valence-corrected chi connectivity index (χ4v) is 3.19. The molecule has 2 heterocycles. The van der Waals surface area contributed by atoms with E-state index < -0.39 is 11.7 Å². The predicted octanol–water partition coefficient (Wildman–Crippen LogP) is 3.58. The van der Waals surface area contributed by atoms with Crippen LogP contribution >= 0.6 is 11.6 Å². The van der Waals surface area contributed by atoms with Crippen LogP contribution in [0.1, 0.15) is 29.6 Å². The first kappa shape index (κ1) is 18.4. The Hall–Kier alpha value is -2.41. The van der Waals surface area contributed by atoms with Crippen molar-refractivity contribution in [2.24, 2.45) is 0 Å². The molecule has 1 aromatic carbocycles. The zero-order chi connectivity index (χ0) is 18.7. The van der Waals surface area contributed by atoms with E-state index in [2.05, 4.69) is 20.2 Å². The number of carbonyl (C=O) groups excluding carboxylic acids is 1. The molecule has 1 aromatic heterocycles. The number of nitrogens with one attached hydrogen (secondary N) is 1. The maximum Gasteiger partial charge on any atom is 0.260 e. The molecule has 0 spiro atoms. The number of anilines is 3. The molecule has 0 aliphatic carbocycles. The molecule has 1 saturated heterocycles. The van der Waals surface area contributed by atoms with Crippen molar-refractivity contribution in [1.82, 2.24) is 9.97 Å². The van der Waals surface area contributed by atoms with Crippen LogP contribution in [0.2, 0.25) is 5.02 Å². The second-order valence-electron chi connectivity index (χ2n) is 6.40. The van der Waals surface area contributed by atoms with Crippen molar-refractivity contribution < 1.29 is 9.18 Å². The standard InChI is InChI=1S/C18H21ClFN5O/c1-24(2)16-14(11-21-18(23-16)25-9-4-3-5-10-25)22-17(26)15-12(19)7-6-8-13(15)20/h6-8,11H,3-5,9-10H2,1-2H3,(H,22,26). The number of halogens is 2. The van der Waals surface area contributed by atoms with E-state index in [9.17, 15) is 9.18 Å². The summed E-state index contributed by atoms with van der Waals surface area (Å²) in [6.07, 6.45) is 5.00. The van der Waals surface area contributed by atoms with E-state index in [0.29, 0.717) is 17.5 Å². The second-order valence-corrected chi connectivity index (χ2v) is 6.81. The van der Waals surface area contributed by atoms with E-state index in [1.165, 1.54) is 24.6 Å². The summed E-state index contributed by atoms with van der Waals surface area (Å²) in [5.74, 6) is -0.116. The summed E-state index contributed by atoms with van der Waals surface area (Å²) in [4.78, 5) is 25.4. The largest absolute Gasteiger partial charge is 0.361 e. The molecule has 0 radical (unpaired) electrons. The number of piperidine rings is 1. The molecule has 0 atom stereocenters. The molecule has 1 N–H and O–H groups in total. The van der Waals surface area contributed by atoms with Gasteiger partial charge < -0.3 is 15.1 Å². The Bertz CT molecular complexity index is 788. The fourth-order valence-electron chi connectivity index (χ4n) is 2.94. The molecule has 1 aliphatic rings. The van der Waals surface area contributed by atoms with Crippen molar-refractivity contribution in [3.63, 3.8) is 0 Å². The third-order valence-corrected chi connectivity index (χ3v) is 4.57. The zero-order valence-corrected chi connectivity index (χ0v) is 15.6. The number of carbonyl (C=O) groups is 1. The zero-order valence-electron chi connectivity index (χ0n) is 14.8. The quantitative estimate of drug-likeness (QED) is 0.882. The molecule has 1 aliphatic heterocycles. The molecule has 138 valence electrons. The topological polar surface area (TPSA) is 61.4 Å². The van der Waals surface area contributed by atoms with Crippen LogP contribution in [0.3, 0.4) is 0 Å². The highest BCUT2D eigenvalue weighted by atomic mass is 35.5. The van der Waals surface area contributed by atoms with Crippen molar-refractivity contribution in [1.29, 1.82) is 0 Å². The summed E-state index contributed by atoms with van der Waals surface area (Å²) < 4.78 is 14.0. The van der Waals surface area contributed by atoms with Crippen LogP contribution in [0, 0.1) is 5.82 Å². The Kier molecular flexibility index (Phi) is 5.56. The van der Waals surface area contributed by atoms with Crippen LogP contribution < -0.4 is 15.1 Å². The van der Waals surface area contributed by atoms with Gasteiger partial charge >= 0.3 is 0 Å². The molecule has 3 rings (SSSR count). The molecule has 0 unspecified atom stereocenters. The number of amides is 1. The monoisotopic (exact) mass is 377 g/mol. The molecule has 6 nitrogen and oxygen atoms in total. The average Bonchev–Trinajstić information content (AvgIpc) is 2.62. The van der Waals surface area contributed by atoms with Crippen LogP contribution in [-0.4, -0.2) is 43.1 Å². The van der Waals surface area contributed by atoms with Crippen molar-refractivity contribution in [3.8, 4) is 0 Å². The molecular weight excluding hydrogens is 357 g/mol. The smallest absolute Gasteiger partial charge is 0.260 e. The summed E-state index contributed by atoms with van der Waals surface area (Å²) in [6.45, 7) is 1.84. The molecule has 8 heteroatoms. The molecule has 2 aromatic rings. The van der Waals surface area contributed by atoms with Crippen molar-refractivity contribution in [2.75, 3.05) is 42.3 Å². The lowest BCUT2D eigenvalue weighted by atomic mass is 10.1. The first-order valence-corrected chi connectivity index (χ1v) is 8.90. The van der Waals surface area contributed by atoms with Gasteiger partial charge in [0.2, 0.25) is 5.95 Å². The number of aromatic nitrogens is 2. The highest BCUT2D eigenvalue weighted by molar-refractivity contribution is 6.34. The first-order chi connectivity index (χ1) is 12.5. The second kappa shape index (κ2) is 7.86. The summed E-state index contributed by atoms with van der Waals surface area (Å²) in [7, 11) is 3.65. The highest BCUT2D eigenvalue weighted by Crippen LogP contribution is 2.27. The van der Waals surface area contributed by atoms with Gasteiger partial charge in [-0.1, -0.05) is 17.7 Å². The molecular formula is C18H21ClFN5O. The van der Waals surface area contributed by atoms with Crippen molar-refractivity contribution >= 4 is 35.0 Å². The molecule has 26 heavy (non-hydrogen) atoms. The molecule has 1 amide bonds. The van der Waals surface area contributed by atoms with E-state index >= 15 is 0 Å². The van der Waals surface area contributed by atoms with Crippen LogP contribution in [0.4, 0.5) is 21.8 Å². The van der Waals surface area contributed by atoms with E-state index in [0.717, 1.165) is 25.9 Å². The minimum atomic E-state index is -0.674. The Morgan fingerprint density at radius 3 is 2.65 bits per heavy atom. The normalized spacial score (nSPS) is 14.2. The van der Waals surface area contributed by atoms with Gasteiger partial charge in [-0.25, -0.2) is 9.37 Å². The fraction of sp³-hybridized carbons (Fsp3) is 0.389. The summed E-state index contributed by atoms with van der Waals surface area (Å²) >= 11 is 5.97. The van der Waals surface area contributed by atoms with E-state index in [4.69, 9.17) is 11.6 Å². The van der Waals surface area contributed by atoms with Gasteiger partial charge in [0.15, 0.2) is 5.82 Å². The minimum absolute atomic E-state index is 0.0553. The molecule has 1 fully saturated rings. The lowest BCUT2D eigenvalue weighted by Crippen LogP contribution is -2.31. The van der Waals surface area contributed by atoms with Crippen molar-refractivity contribution in [3.05, 3.63) is 40.8 Å². The van der Waals surface area contributed by atoms with Gasteiger partial charge in [0.05, 0.1) is 16.8 Å². The summed E-state index contributed by atoms with van der Waals surface area (Å²) in [6, 6.07) is 4.13. The summed E-state index contributed by atoms with van der Waals surface area (Å²) in [5.41, 5.74) is 0.207. The summed E-state index contributed by atoms with van der Waals surface area (Å²) in [5, 5.41) is 2.73. The number of benzene rings is 1. The van der Waals surface area contributed by atoms with E-state index in [1.54, 1.807) is 11.1 Å². The lowest BCUT2D eigenvalue weighted by molar-refractivity contribution is 0.102. The van der Waals surface area contributed by atoms with E-state index in [-0.39, 0.29) is 10.6 Å². The molecule has 0 bridgehead atoms. The molecule has 0 saturated carbocycles. The third-order valence-electron chi connectivity index (χ3n) is 4.26. The number of rotatable bonds is 4. The van der Waals surface area contributed by atoms with Crippen molar-refractivity contribution in [2.45, 2.75) is 19.3 Å². The van der Waals surface area contributed by atoms with Gasteiger partial charge in [0, 0.05) is 27.2 Å². The Morgan fingerprint density at radius 2 is 2.00 bits per heavy atom. The van der Waals surface area contributed by atoms with Gasteiger partial charge in [0.1, 0.15) is 11.5 Å². The number of hydrogen-bond donors (Lipinski definition) is 1. The third kappa shape index (κ3) is 3.88. The number of hydrogen-bond acceptors (Lipinski definition) is 5. The minimum Gasteiger partial charge on any atom is -0.361 e. The Balaban J connectivity index is 1.88. The van der Waals surface area contributed by atoms with Gasteiger partial charge in [0.25, 0.3) is 5.91 Å². The maximum atomic E-state index is 14.0. The van der Waals surface area contributed by atoms with Crippen LogP contribution in [0.5, 0.6) is 0 Å². The van der Waals surface area contributed by atoms with Crippen LogP contribution in [0.15, 0.2) is 24.4 Å². The van der Waals surface area contributed by atoms with Gasteiger partial charge in [-0.15, -0.1) is 0 Å². The maximum absolute atomic E-state index is 14.0.